The molecule has 0 aromatic heterocycles. The van der Waals surface area contributed by atoms with Gasteiger partial charge in [0.05, 0.1) is 0 Å². The van der Waals surface area contributed by atoms with E-state index in [-0.39, 0.29) is 31.1 Å². The average Bonchev–Trinajstić information content (AvgIpc) is 3.46. The van der Waals surface area contributed by atoms with Crippen molar-refractivity contribution in [3.63, 3.8) is 0 Å². The van der Waals surface area contributed by atoms with E-state index in [1.807, 2.05) is 0 Å². The molecule has 0 aromatic carbocycles. The zero-order valence-corrected chi connectivity index (χ0v) is 53.3. The molecule has 0 radical (unpaired) electrons. The van der Waals surface area contributed by atoms with Crippen molar-refractivity contribution in [3.8, 4) is 0 Å². The highest BCUT2D eigenvalue weighted by Crippen LogP contribution is 2.17. The SMILES string of the molecule is CC/C=C\C/C=C\C/C=C\C/C=C\CCCCCCCCCCCCC(=O)OC(COC(=O)CCCCCCC/C=C\CCCCCCC)COC(=O)CCCCCCCCCCCCCCC/C=C\CCCCCCCCCC. The van der Waals surface area contributed by atoms with Crippen LogP contribution in [0.5, 0.6) is 0 Å². The van der Waals surface area contributed by atoms with Crippen LogP contribution in [-0.4, -0.2) is 37.2 Å². The van der Waals surface area contributed by atoms with Crippen LogP contribution >= 0.6 is 0 Å². The van der Waals surface area contributed by atoms with E-state index in [2.05, 4.69) is 93.7 Å². The third-order valence-corrected chi connectivity index (χ3v) is 15.4. The summed E-state index contributed by atoms with van der Waals surface area (Å²) in [4.78, 5) is 38.4. The summed E-state index contributed by atoms with van der Waals surface area (Å²) in [7, 11) is 0. The van der Waals surface area contributed by atoms with Gasteiger partial charge in [0.1, 0.15) is 13.2 Å². The second-order valence-electron chi connectivity index (χ2n) is 23.4. The number of carbonyl (C=O) groups is 3. The van der Waals surface area contributed by atoms with Crippen LogP contribution in [-0.2, 0) is 28.6 Å². The summed E-state index contributed by atoms with van der Waals surface area (Å²) in [5.74, 6) is -0.871. The molecule has 0 bridgehead atoms. The van der Waals surface area contributed by atoms with Crippen LogP contribution in [0.1, 0.15) is 361 Å². The number of hydrogen-bond acceptors (Lipinski definition) is 6. The number of esters is 3. The summed E-state index contributed by atoms with van der Waals surface area (Å²) in [6, 6.07) is 0. The Bertz CT molecular complexity index is 1470. The van der Waals surface area contributed by atoms with E-state index in [4.69, 9.17) is 14.2 Å². The summed E-state index contributed by atoms with van der Waals surface area (Å²) in [6.45, 7) is 6.56. The molecular formula is C74H132O6. The first-order valence-corrected chi connectivity index (χ1v) is 34.9. The lowest BCUT2D eigenvalue weighted by Crippen LogP contribution is -2.30. The van der Waals surface area contributed by atoms with Crippen LogP contribution < -0.4 is 0 Å². The molecule has 1 atom stereocenters. The molecule has 0 aliphatic heterocycles. The molecule has 80 heavy (non-hydrogen) atoms. The zero-order valence-electron chi connectivity index (χ0n) is 53.3. The second kappa shape index (κ2) is 68.3. The van der Waals surface area contributed by atoms with Gasteiger partial charge >= 0.3 is 17.9 Å². The van der Waals surface area contributed by atoms with E-state index in [9.17, 15) is 14.4 Å². The minimum atomic E-state index is -0.782. The maximum atomic E-state index is 13.0. The first kappa shape index (κ1) is 76.9. The summed E-state index contributed by atoms with van der Waals surface area (Å²) >= 11 is 0. The fourth-order valence-corrected chi connectivity index (χ4v) is 10.2. The minimum Gasteiger partial charge on any atom is -0.462 e. The lowest BCUT2D eigenvalue weighted by Gasteiger charge is -2.18. The Morgan fingerprint density at radius 1 is 0.263 bits per heavy atom. The van der Waals surface area contributed by atoms with Crippen LogP contribution in [0.25, 0.3) is 0 Å². The number of ether oxygens (including phenoxy) is 3. The van der Waals surface area contributed by atoms with E-state index in [1.165, 1.54) is 231 Å². The first-order valence-electron chi connectivity index (χ1n) is 34.9. The Hall–Kier alpha value is -3.15. The van der Waals surface area contributed by atoms with Gasteiger partial charge in [0.25, 0.3) is 0 Å². The first-order chi connectivity index (χ1) is 39.5. The number of unbranched alkanes of at least 4 members (excludes halogenated alkanes) is 41. The molecule has 0 heterocycles. The highest BCUT2D eigenvalue weighted by atomic mass is 16.6. The van der Waals surface area contributed by atoms with Crippen molar-refractivity contribution in [3.05, 3.63) is 72.9 Å². The van der Waals surface area contributed by atoms with Gasteiger partial charge in [0, 0.05) is 19.3 Å². The average molecular weight is 1120 g/mol. The van der Waals surface area contributed by atoms with Crippen molar-refractivity contribution in [2.24, 2.45) is 0 Å². The number of carbonyl (C=O) groups excluding carboxylic acids is 3. The topological polar surface area (TPSA) is 78.9 Å². The maximum Gasteiger partial charge on any atom is 0.306 e. The lowest BCUT2D eigenvalue weighted by atomic mass is 10.0. The van der Waals surface area contributed by atoms with Gasteiger partial charge in [-0.2, -0.15) is 0 Å². The molecule has 0 spiro atoms. The Kier molecular flexibility index (Phi) is 65.7. The smallest absolute Gasteiger partial charge is 0.306 e. The van der Waals surface area contributed by atoms with Gasteiger partial charge in [-0.25, -0.2) is 0 Å². The molecule has 0 saturated heterocycles. The summed E-state index contributed by atoms with van der Waals surface area (Å²) in [5, 5.41) is 0. The van der Waals surface area contributed by atoms with Crippen molar-refractivity contribution in [1.82, 2.24) is 0 Å². The Balaban J connectivity index is 4.29. The molecule has 464 valence electrons. The third-order valence-electron chi connectivity index (χ3n) is 15.4. The van der Waals surface area contributed by atoms with E-state index in [1.54, 1.807) is 0 Å². The molecular weight excluding hydrogens is 985 g/mol. The summed E-state index contributed by atoms with van der Waals surface area (Å²) in [6.07, 6.45) is 89.2. The van der Waals surface area contributed by atoms with E-state index >= 15 is 0 Å². The molecule has 0 aliphatic rings. The summed E-state index contributed by atoms with van der Waals surface area (Å²) < 4.78 is 17.0. The van der Waals surface area contributed by atoms with Crippen molar-refractivity contribution < 1.29 is 28.6 Å². The van der Waals surface area contributed by atoms with Gasteiger partial charge in [0.2, 0.25) is 0 Å². The molecule has 6 nitrogen and oxygen atoms in total. The van der Waals surface area contributed by atoms with Crippen LogP contribution in [0.3, 0.4) is 0 Å². The van der Waals surface area contributed by atoms with E-state index in [0.29, 0.717) is 19.3 Å². The maximum absolute atomic E-state index is 13.0. The van der Waals surface area contributed by atoms with E-state index in [0.717, 1.165) is 89.9 Å². The normalized spacial score (nSPS) is 12.5. The number of allylic oxidation sites excluding steroid dienone is 12. The highest BCUT2D eigenvalue weighted by Gasteiger charge is 2.19. The molecule has 0 rings (SSSR count). The number of hydrogen-bond donors (Lipinski definition) is 0. The summed E-state index contributed by atoms with van der Waals surface area (Å²) in [5.41, 5.74) is 0. The van der Waals surface area contributed by atoms with Gasteiger partial charge in [-0.15, -0.1) is 0 Å². The molecule has 0 fully saturated rings. The fourth-order valence-electron chi connectivity index (χ4n) is 10.2. The van der Waals surface area contributed by atoms with Crippen molar-refractivity contribution in [2.75, 3.05) is 13.2 Å². The molecule has 0 aromatic rings. The van der Waals surface area contributed by atoms with Crippen molar-refractivity contribution in [1.29, 1.82) is 0 Å². The lowest BCUT2D eigenvalue weighted by molar-refractivity contribution is -0.167. The number of rotatable bonds is 64. The predicted molar refractivity (Wildman–Crippen MR) is 348 cm³/mol. The van der Waals surface area contributed by atoms with Gasteiger partial charge in [-0.05, 0) is 109 Å². The molecule has 0 saturated carbocycles. The minimum absolute atomic E-state index is 0.0770. The van der Waals surface area contributed by atoms with Gasteiger partial charge < -0.3 is 14.2 Å². The van der Waals surface area contributed by atoms with Crippen LogP contribution in [0.4, 0.5) is 0 Å². The van der Waals surface area contributed by atoms with Crippen molar-refractivity contribution in [2.45, 2.75) is 367 Å². The van der Waals surface area contributed by atoms with Crippen LogP contribution in [0, 0.1) is 0 Å². The standard InChI is InChI=1S/C74H132O6/c1-4-7-10-13-16-19-22-25-28-30-32-34-36-37-39-40-42-44-46-49-52-55-58-61-64-67-73(76)79-70-71(69-78-72(75)66-63-60-57-54-51-48-27-24-21-18-15-12-9-6-3)80-74(77)68-65-62-59-56-53-50-47-45-43-41-38-35-33-31-29-26-23-20-17-14-11-8-5-2/h8,11,17,20,24,26-27,29-30,32-33,35,71H,4-7,9-10,12-16,18-19,21-23,25,28,31,34,36-70H2,1-3H3/b11-8-,20-17-,27-24-,29-26-,32-30-,35-33-. The molecule has 0 aliphatic carbocycles. The van der Waals surface area contributed by atoms with Crippen LogP contribution in [0.2, 0.25) is 0 Å². The van der Waals surface area contributed by atoms with Crippen LogP contribution in [0.15, 0.2) is 72.9 Å². The molecule has 0 N–H and O–H groups in total. The molecule has 0 amide bonds. The Morgan fingerprint density at radius 2 is 0.487 bits per heavy atom. The zero-order chi connectivity index (χ0) is 57.8. The molecule has 1 unspecified atom stereocenters. The highest BCUT2D eigenvalue weighted by molar-refractivity contribution is 5.71. The largest absolute Gasteiger partial charge is 0.462 e. The van der Waals surface area contributed by atoms with Crippen molar-refractivity contribution >= 4 is 17.9 Å². The van der Waals surface area contributed by atoms with Gasteiger partial charge in [-0.1, -0.05) is 306 Å². The molecule has 6 heteroatoms. The second-order valence-corrected chi connectivity index (χ2v) is 23.4. The fraction of sp³-hybridized carbons (Fsp3) is 0.797. The third kappa shape index (κ3) is 65.7. The quantitative estimate of drug-likeness (QED) is 0.0261. The monoisotopic (exact) mass is 1120 g/mol. The Labute approximate surface area is 497 Å². The van der Waals surface area contributed by atoms with Gasteiger partial charge in [-0.3, -0.25) is 14.4 Å². The Morgan fingerprint density at radius 3 is 0.775 bits per heavy atom. The predicted octanol–water partition coefficient (Wildman–Crippen LogP) is 24.1. The van der Waals surface area contributed by atoms with Gasteiger partial charge in [0.15, 0.2) is 6.10 Å². The van der Waals surface area contributed by atoms with E-state index < -0.39 is 6.10 Å².